The molecule has 6 nitrogen and oxygen atoms in total. The summed E-state index contributed by atoms with van der Waals surface area (Å²) < 4.78 is 5.15. The van der Waals surface area contributed by atoms with Crippen molar-refractivity contribution in [1.29, 1.82) is 0 Å². The van der Waals surface area contributed by atoms with E-state index >= 15 is 0 Å². The van der Waals surface area contributed by atoms with Gasteiger partial charge in [-0.1, -0.05) is 5.16 Å². The standard InChI is InChI=1S/C14H17N3O3/c1-8-6-11(12-9(2)16-20-13(12)15-8)14(19)17-5-3-4-10(17)7-18/h6,10,18H,3-5,7H2,1-2H3. The fourth-order valence-corrected chi connectivity index (χ4v) is 2.83. The van der Waals surface area contributed by atoms with Gasteiger partial charge in [-0.05, 0) is 32.8 Å². The van der Waals surface area contributed by atoms with Crippen molar-refractivity contribution in [2.24, 2.45) is 0 Å². The molecule has 2 aromatic heterocycles. The van der Waals surface area contributed by atoms with E-state index in [0.717, 1.165) is 18.5 Å². The number of likely N-dealkylation sites (tertiary alicyclic amines) is 1. The molecule has 1 atom stereocenters. The van der Waals surface area contributed by atoms with Gasteiger partial charge in [0.1, 0.15) is 0 Å². The summed E-state index contributed by atoms with van der Waals surface area (Å²) in [5.74, 6) is -0.0802. The number of fused-ring (bicyclic) bond motifs is 1. The van der Waals surface area contributed by atoms with Gasteiger partial charge in [-0.3, -0.25) is 4.79 Å². The lowest BCUT2D eigenvalue weighted by Gasteiger charge is -2.23. The van der Waals surface area contributed by atoms with E-state index in [1.54, 1.807) is 17.9 Å². The number of amides is 1. The van der Waals surface area contributed by atoms with Crippen molar-refractivity contribution in [3.8, 4) is 0 Å². The highest BCUT2D eigenvalue weighted by Gasteiger charge is 2.30. The van der Waals surface area contributed by atoms with E-state index in [1.807, 2.05) is 6.92 Å². The molecule has 1 aliphatic heterocycles. The van der Waals surface area contributed by atoms with Gasteiger partial charge < -0.3 is 14.5 Å². The topological polar surface area (TPSA) is 79.5 Å². The van der Waals surface area contributed by atoms with Gasteiger partial charge in [0.15, 0.2) is 0 Å². The normalized spacial score (nSPS) is 18.9. The van der Waals surface area contributed by atoms with Crippen molar-refractivity contribution in [3.05, 3.63) is 23.0 Å². The van der Waals surface area contributed by atoms with Gasteiger partial charge >= 0.3 is 0 Å². The first-order valence-electron chi connectivity index (χ1n) is 6.77. The van der Waals surface area contributed by atoms with Crippen LogP contribution in [0.15, 0.2) is 10.6 Å². The van der Waals surface area contributed by atoms with Crippen LogP contribution in [-0.4, -0.2) is 45.2 Å². The van der Waals surface area contributed by atoms with E-state index in [9.17, 15) is 9.90 Å². The Hall–Kier alpha value is -1.95. The van der Waals surface area contributed by atoms with Gasteiger partial charge in [-0.2, -0.15) is 0 Å². The highest BCUT2D eigenvalue weighted by molar-refractivity contribution is 6.06. The number of hydrogen-bond donors (Lipinski definition) is 1. The van der Waals surface area contributed by atoms with Crippen molar-refractivity contribution < 1.29 is 14.4 Å². The van der Waals surface area contributed by atoms with Crippen molar-refractivity contribution in [2.45, 2.75) is 32.7 Å². The zero-order chi connectivity index (χ0) is 14.3. The minimum Gasteiger partial charge on any atom is -0.394 e. The Bertz CT molecular complexity index is 665. The number of pyridine rings is 1. The average Bonchev–Trinajstić information content (AvgIpc) is 3.04. The maximum Gasteiger partial charge on any atom is 0.258 e. The van der Waals surface area contributed by atoms with Crippen LogP contribution >= 0.6 is 0 Å². The molecule has 1 saturated heterocycles. The van der Waals surface area contributed by atoms with Crippen LogP contribution in [0.3, 0.4) is 0 Å². The number of aromatic nitrogens is 2. The van der Waals surface area contributed by atoms with Gasteiger partial charge in [-0.15, -0.1) is 0 Å². The van der Waals surface area contributed by atoms with Crippen LogP contribution in [0, 0.1) is 13.8 Å². The molecule has 0 saturated carbocycles. The van der Waals surface area contributed by atoms with Gasteiger partial charge in [0.2, 0.25) is 0 Å². The average molecular weight is 275 g/mol. The maximum absolute atomic E-state index is 12.8. The van der Waals surface area contributed by atoms with Crippen molar-refractivity contribution >= 4 is 17.0 Å². The number of aliphatic hydroxyl groups excluding tert-OH is 1. The highest BCUT2D eigenvalue weighted by Crippen LogP contribution is 2.26. The van der Waals surface area contributed by atoms with E-state index in [0.29, 0.717) is 28.9 Å². The van der Waals surface area contributed by atoms with Crippen LogP contribution in [0.5, 0.6) is 0 Å². The minimum atomic E-state index is -0.0915. The van der Waals surface area contributed by atoms with E-state index in [-0.39, 0.29) is 18.6 Å². The number of carbonyl (C=O) groups is 1. The molecule has 3 rings (SSSR count). The van der Waals surface area contributed by atoms with Gasteiger partial charge in [0, 0.05) is 12.2 Å². The third-order valence-electron chi connectivity index (χ3n) is 3.82. The molecule has 20 heavy (non-hydrogen) atoms. The predicted octanol–water partition coefficient (Wildman–Crippen LogP) is 1.44. The van der Waals surface area contributed by atoms with Crippen LogP contribution in [0.2, 0.25) is 0 Å². The first-order chi connectivity index (χ1) is 9.61. The molecule has 0 spiro atoms. The summed E-state index contributed by atoms with van der Waals surface area (Å²) in [6.07, 6.45) is 1.77. The maximum atomic E-state index is 12.8. The smallest absolute Gasteiger partial charge is 0.258 e. The number of hydrogen-bond acceptors (Lipinski definition) is 5. The summed E-state index contributed by atoms with van der Waals surface area (Å²) in [5.41, 5.74) is 2.34. The molecule has 1 fully saturated rings. The Labute approximate surface area is 116 Å². The number of rotatable bonds is 2. The van der Waals surface area contributed by atoms with Crippen molar-refractivity contribution in [1.82, 2.24) is 15.0 Å². The van der Waals surface area contributed by atoms with Crippen LogP contribution in [0.25, 0.3) is 11.1 Å². The third kappa shape index (κ3) is 1.96. The van der Waals surface area contributed by atoms with Crippen LogP contribution in [0.1, 0.15) is 34.6 Å². The summed E-state index contributed by atoms with van der Waals surface area (Å²) in [4.78, 5) is 18.7. The Balaban J connectivity index is 2.09. The molecule has 0 radical (unpaired) electrons. The van der Waals surface area contributed by atoms with Crippen LogP contribution in [-0.2, 0) is 0 Å². The highest BCUT2D eigenvalue weighted by atomic mass is 16.5. The van der Waals surface area contributed by atoms with E-state index in [4.69, 9.17) is 4.52 Å². The lowest BCUT2D eigenvalue weighted by atomic mass is 10.1. The van der Waals surface area contributed by atoms with Crippen molar-refractivity contribution in [3.63, 3.8) is 0 Å². The fourth-order valence-electron chi connectivity index (χ4n) is 2.83. The second-order valence-corrected chi connectivity index (χ2v) is 5.24. The zero-order valence-electron chi connectivity index (χ0n) is 11.6. The lowest BCUT2D eigenvalue weighted by Crippen LogP contribution is -2.37. The minimum absolute atomic E-state index is 0.00156. The zero-order valence-corrected chi connectivity index (χ0v) is 11.6. The molecule has 1 amide bonds. The summed E-state index contributed by atoms with van der Waals surface area (Å²) in [7, 11) is 0. The van der Waals surface area contributed by atoms with Gasteiger partial charge in [-0.25, -0.2) is 4.98 Å². The lowest BCUT2D eigenvalue weighted by molar-refractivity contribution is 0.0679. The summed E-state index contributed by atoms with van der Waals surface area (Å²) >= 11 is 0. The summed E-state index contributed by atoms with van der Waals surface area (Å²) in [6.45, 7) is 4.30. The summed E-state index contributed by atoms with van der Waals surface area (Å²) in [6, 6.07) is 1.67. The second kappa shape index (κ2) is 4.86. The Morgan fingerprint density at radius 3 is 3.10 bits per heavy atom. The molecule has 0 aliphatic carbocycles. The monoisotopic (exact) mass is 275 g/mol. The van der Waals surface area contributed by atoms with Gasteiger partial charge in [0.05, 0.1) is 29.3 Å². The van der Waals surface area contributed by atoms with Crippen molar-refractivity contribution in [2.75, 3.05) is 13.2 Å². The number of nitrogens with zero attached hydrogens (tertiary/aromatic N) is 3. The third-order valence-corrected chi connectivity index (χ3v) is 3.82. The van der Waals surface area contributed by atoms with Crippen LogP contribution < -0.4 is 0 Å². The molecule has 1 aliphatic rings. The molecule has 1 unspecified atom stereocenters. The first kappa shape index (κ1) is 13.1. The molecule has 1 N–H and O–H groups in total. The SMILES string of the molecule is Cc1cc(C(=O)N2CCCC2CO)c2c(C)noc2n1. The number of aliphatic hydroxyl groups is 1. The number of aryl methyl sites for hydroxylation is 2. The Morgan fingerprint density at radius 2 is 2.35 bits per heavy atom. The molecule has 6 heteroatoms. The second-order valence-electron chi connectivity index (χ2n) is 5.24. The predicted molar refractivity (Wildman–Crippen MR) is 72.4 cm³/mol. The quantitative estimate of drug-likeness (QED) is 0.897. The Morgan fingerprint density at radius 1 is 1.55 bits per heavy atom. The summed E-state index contributed by atoms with van der Waals surface area (Å²) in [5, 5.41) is 13.9. The molecule has 3 heterocycles. The van der Waals surface area contributed by atoms with Crippen LogP contribution in [0.4, 0.5) is 0 Å². The van der Waals surface area contributed by atoms with E-state index in [1.165, 1.54) is 0 Å². The fraction of sp³-hybridized carbons (Fsp3) is 0.500. The molecular weight excluding hydrogens is 258 g/mol. The van der Waals surface area contributed by atoms with E-state index < -0.39 is 0 Å². The molecule has 2 aromatic rings. The van der Waals surface area contributed by atoms with E-state index in [2.05, 4.69) is 10.1 Å². The molecule has 0 bridgehead atoms. The number of carbonyl (C=O) groups excluding carboxylic acids is 1. The molecule has 106 valence electrons. The molecular formula is C14H17N3O3. The van der Waals surface area contributed by atoms with Gasteiger partial charge in [0.25, 0.3) is 11.6 Å². The Kier molecular flexibility index (Phi) is 3.17. The molecule has 0 aromatic carbocycles. The first-order valence-corrected chi connectivity index (χ1v) is 6.77. The largest absolute Gasteiger partial charge is 0.394 e.